The normalized spacial score (nSPS) is 13.7. The minimum atomic E-state index is -4.21. The van der Waals surface area contributed by atoms with E-state index in [0.29, 0.717) is 0 Å². The van der Waals surface area contributed by atoms with Crippen molar-refractivity contribution in [3.05, 3.63) is 72.6 Å². The van der Waals surface area contributed by atoms with E-state index >= 15 is 0 Å². The Kier molecular flexibility index (Phi) is 6.81. The molecule has 1 amide bonds. The molecule has 0 radical (unpaired) electrons. The fraction of sp³-hybridized carbons (Fsp3) is 0.286. The average molecular weight is 446 g/mol. The highest BCUT2D eigenvalue weighted by atomic mass is 32.2. The largest absolute Gasteiger partial charge is 0.348 e. The van der Waals surface area contributed by atoms with Gasteiger partial charge in [0.1, 0.15) is 29.4 Å². The third kappa shape index (κ3) is 5.33. The Hall–Kier alpha value is -3.11. The monoisotopic (exact) mass is 445 g/mol. The predicted molar refractivity (Wildman–Crippen MR) is 113 cm³/mol. The van der Waals surface area contributed by atoms with Crippen LogP contribution in [0.15, 0.2) is 66.1 Å². The van der Waals surface area contributed by atoms with E-state index in [0.717, 1.165) is 23.4 Å². The molecule has 2 unspecified atom stereocenters. The molecule has 3 rings (SSSR count). The van der Waals surface area contributed by atoms with Crippen LogP contribution in [0.2, 0.25) is 0 Å². The minimum Gasteiger partial charge on any atom is -0.348 e. The van der Waals surface area contributed by atoms with Gasteiger partial charge in [0, 0.05) is 0 Å². The molecule has 164 valence electrons. The van der Waals surface area contributed by atoms with Gasteiger partial charge >= 0.3 is 0 Å². The summed E-state index contributed by atoms with van der Waals surface area (Å²) in [6.07, 6.45) is 3.01. The zero-order valence-electron chi connectivity index (χ0n) is 17.4. The molecule has 0 bridgehead atoms. The number of hydrogen-bond donors (Lipinski definition) is 2. The van der Waals surface area contributed by atoms with Crippen LogP contribution >= 0.6 is 0 Å². The molecule has 0 aliphatic heterocycles. The van der Waals surface area contributed by atoms with E-state index in [1.807, 2.05) is 24.3 Å². The van der Waals surface area contributed by atoms with Gasteiger partial charge in [-0.05, 0) is 42.7 Å². The van der Waals surface area contributed by atoms with Crippen LogP contribution < -0.4 is 10.0 Å². The van der Waals surface area contributed by atoms with Gasteiger partial charge in [0.2, 0.25) is 15.9 Å². The summed E-state index contributed by atoms with van der Waals surface area (Å²) in [5.74, 6) is -1.73. The molecule has 0 saturated carbocycles. The van der Waals surface area contributed by atoms with Crippen LogP contribution in [-0.4, -0.2) is 35.1 Å². The third-order valence-electron chi connectivity index (χ3n) is 4.79. The van der Waals surface area contributed by atoms with Gasteiger partial charge in [-0.1, -0.05) is 38.1 Å². The van der Waals surface area contributed by atoms with Crippen molar-refractivity contribution in [2.45, 2.75) is 37.8 Å². The first-order chi connectivity index (χ1) is 14.7. The lowest BCUT2D eigenvalue weighted by Crippen LogP contribution is -2.50. The molecular formula is C21H24FN5O3S. The topological polar surface area (TPSA) is 106 Å². The van der Waals surface area contributed by atoms with E-state index in [1.165, 1.54) is 18.5 Å². The van der Waals surface area contributed by atoms with Crippen LogP contribution in [-0.2, 0) is 14.8 Å². The summed E-state index contributed by atoms with van der Waals surface area (Å²) in [6.45, 7) is 5.22. The standard InChI is InChI=1S/C21H24FN5O3S/c1-14(2)20(26-31(29,30)19-7-5-4-6-18(19)22)21(28)25-15(3)16-8-10-17(11-9-16)27-13-23-12-24-27/h4-15,20,26H,1-3H3,(H,25,28). The van der Waals surface area contributed by atoms with Crippen molar-refractivity contribution in [3.8, 4) is 5.69 Å². The van der Waals surface area contributed by atoms with Crippen LogP contribution in [0.1, 0.15) is 32.4 Å². The number of hydrogen-bond acceptors (Lipinski definition) is 5. The number of aromatic nitrogens is 3. The van der Waals surface area contributed by atoms with E-state index in [4.69, 9.17) is 0 Å². The fourth-order valence-electron chi connectivity index (χ4n) is 3.03. The van der Waals surface area contributed by atoms with Crippen molar-refractivity contribution < 1.29 is 17.6 Å². The van der Waals surface area contributed by atoms with Crippen LogP contribution in [0.5, 0.6) is 0 Å². The molecule has 2 N–H and O–H groups in total. The summed E-state index contributed by atoms with van der Waals surface area (Å²) >= 11 is 0. The van der Waals surface area contributed by atoms with Gasteiger partial charge in [0.05, 0.1) is 11.7 Å². The molecule has 3 aromatic rings. The average Bonchev–Trinajstić information content (AvgIpc) is 3.27. The lowest BCUT2D eigenvalue weighted by atomic mass is 10.0. The Balaban J connectivity index is 1.72. The van der Waals surface area contributed by atoms with Gasteiger partial charge < -0.3 is 5.32 Å². The van der Waals surface area contributed by atoms with Crippen LogP contribution in [0.3, 0.4) is 0 Å². The van der Waals surface area contributed by atoms with E-state index in [1.54, 1.807) is 31.8 Å². The molecule has 2 atom stereocenters. The Labute approximate surface area is 180 Å². The maximum absolute atomic E-state index is 14.0. The molecule has 8 nitrogen and oxygen atoms in total. The number of amides is 1. The summed E-state index contributed by atoms with van der Waals surface area (Å²) in [7, 11) is -4.21. The van der Waals surface area contributed by atoms with Crippen molar-refractivity contribution >= 4 is 15.9 Å². The van der Waals surface area contributed by atoms with Gasteiger partial charge in [-0.15, -0.1) is 0 Å². The van der Waals surface area contributed by atoms with Crippen molar-refractivity contribution in [1.82, 2.24) is 24.8 Å². The van der Waals surface area contributed by atoms with E-state index in [2.05, 4.69) is 20.1 Å². The van der Waals surface area contributed by atoms with E-state index in [9.17, 15) is 17.6 Å². The van der Waals surface area contributed by atoms with E-state index < -0.39 is 32.7 Å². The van der Waals surface area contributed by atoms with Crippen LogP contribution in [0, 0.1) is 11.7 Å². The van der Waals surface area contributed by atoms with Gasteiger partial charge in [-0.2, -0.15) is 9.82 Å². The summed E-state index contributed by atoms with van der Waals surface area (Å²) < 4.78 is 43.2. The lowest BCUT2D eigenvalue weighted by Gasteiger charge is -2.24. The van der Waals surface area contributed by atoms with Gasteiger partial charge in [0.25, 0.3) is 0 Å². The Bertz CT molecular complexity index is 1130. The van der Waals surface area contributed by atoms with Crippen molar-refractivity contribution in [1.29, 1.82) is 0 Å². The zero-order chi connectivity index (χ0) is 22.6. The Morgan fingerprint density at radius 1 is 1.06 bits per heavy atom. The van der Waals surface area contributed by atoms with E-state index in [-0.39, 0.29) is 12.0 Å². The van der Waals surface area contributed by atoms with Crippen LogP contribution in [0.25, 0.3) is 5.69 Å². The van der Waals surface area contributed by atoms with Crippen molar-refractivity contribution in [2.75, 3.05) is 0 Å². The molecule has 0 fully saturated rings. The smallest absolute Gasteiger partial charge is 0.244 e. The molecule has 31 heavy (non-hydrogen) atoms. The molecular weight excluding hydrogens is 421 g/mol. The lowest BCUT2D eigenvalue weighted by molar-refractivity contribution is -0.124. The predicted octanol–water partition coefficient (Wildman–Crippen LogP) is 2.59. The second-order valence-electron chi connectivity index (χ2n) is 7.44. The van der Waals surface area contributed by atoms with Gasteiger partial charge in [0.15, 0.2) is 0 Å². The highest BCUT2D eigenvalue weighted by Crippen LogP contribution is 2.18. The van der Waals surface area contributed by atoms with Crippen molar-refractivity contribution in [2.24, 2.45) is 5.92 Å². The number of halogens is 1. The third-order valence-corrected chi connectivity index (χ3v) is 6.27. The highest BCUT2D eigenvalue weighted by Gasteiger charge is 2.30. The number of nitrogens with one attached hydrogen (secondary N) is 2. The highest BCUT2D eigenvalue weighted by molar-refractivity contribution is 7.89. The van der Waals surface area contributed by atoms with Crippen molar-refractivity contribution in [3.63, 3.8) is 0 Å². The molecule has 0 aliphatic carbocycles. The van der Waals surface area contributed by atoms with Crippen LogP contribution in [0.4, 0.5) is 4.39 Å². The van der Waals surface area contributed by atoms with Gasteiger partial charge in [-0.25, -0.2) is 22.5 Å². The number of sulfonamides is 1. The SMILES string of the molecule is CC(NC(=O)C(NS(=O)(=O)c1ccccc1F)C(C)C)c1ccc(-n2cncn2)cc1. The Morgan fingerprint density at radius 2 is 1.74 bits per heavy atom. The molecule has 0 spiro atoms. The molecule has 2 aromatic carbocycles. The zero-order valence-corrected chi connectivity index (χ0v) is 18.2. The second kappa shape index (κ2) is 9.36. The summed E-state index contributed by atoms with van der Waals surface area (Å²) in [5, 5.41) is 6.89. The Morgan fingerprint density at radius 3 is 2.32 bits per heavy atom. The molecule has 0 aliphatic rings. The molecule has 0 saturated heterocycles. The summed E-state index contributed by atoms with van der Waals surface area (Å²) in [4.78, 5) is 16.3. The minimum absolute atomic E-state index is 0.358. The summed E-state index contributed by atoms with van der Waals surface area (Å²) in [5.41, 5.74) is 1.65. The number of carbonyl (C=O) groups excluding carboxylic acids is 1. The number of carbonyl (C=O) groups is 1. The van der Waals surface area contributed by atoms with Gasteiger partial charge in [-0.3, -0.25) is 4.79 Å². The first-order valence-corrected chi connectivity index (χ1v) is 11.2. The number of rotatable bonds is 8. The molecule has 1 heterocycles. The molecule has 10 heteroatoms. The second-order valence-corrected chi connectivity index (χ2v) is 9.12. The fourth-order valence-corrected chi connectivity index (χ4v) is 4.45. The maximum atomic E-state index is 14.0. The quantitative estimate of drug-likeness (QED) is 0.554. The first-order valence-electron chi connectivity index (χ1n) is 9.71. The molecule has 1 aromatic heterocycles. The number of nitrogens with zero attached hydrogens (tertiary/aromatic N) is 3. The number of benzene rings is 2. The maximum Gasteiger partial charge on any atom is 0.244 e. The first kappa shape index (κ1) is 22.6. The summed E-state index contributed by atoms with van der Waals surface area (Å²) in [6, 6.07) is 11.0.